The zero-order chi connectivity index (χ0) is 21.6. The van der Waals surface area contributed by atoms with E-state index in [1.165, 1.54) is 0 Å². The summed E-state index contributed by atoms with van der Waals surface area (Å²) in [6.45, 7) is 2.42. The molecule has 3 aromatic rings. The number of aliphatic imine (C=N–C) groups is 1. The standard InChI is InChI=1S/C23H27ClN6O/c1-25-23(26-13-17-14-27-30(15-17)20-6-4-3-5-7-20)28-19-10-11-29(16-19)21-12-18(24)8-9-22(21)31-2/h3-9,12,14-15,19H,10-11,13,16H2,1-2H3,(H2,25,26,28). The Kier molecular flexibility index (Phi) is 6.62. The van der Waals surface area contributed by atoms with Crippen molar-refractivity contribution in [3.05, 3.63) is 71.5 Å². The summed E-state index contributed by atoms with van der Waals surface area (Å²) in [5.74, 6) is 1.61. The summed E-state index contributed by atoms with van der Waals surface area (Å²) in [6.07, 6.45) is 4.90. The Bertz CT molecular complexity index is 1040. The van der Waals surface area contributed by atoms with Crippen molar-refractivity contribution in [2.75, 3.05) is 32.1 Å². The molecule has 1 fully saturated rings. The molecule has 1 aliphatic heterocycles. The molecule has 4 rings (SSSR count). The average molecular weight is 439 g/mol. The highest BCUT2D eigenvalue weighted by Crippen LogP contribution is 2.33. The largest absolute Gasteiger partial charge is 0.495 e. The van der Waals surface area contributed by atoms with Crippen LogP contribution in [0.2, 0.25) is 5.02 Å². The van der Waals surface area contributed by atoms with E-state index in [1.807, 2.05) is 65.6 Å². The first-order valence-corrected chi connectivity index (χ1v) is 10.7. The van der Waals surface area contributed by atoms with Crippen molar-refractivity contribution >= 4 is 23.2 Å². The van der Waals surface area contributed by atoms with Crippen LogP contribution < -0.4 is 20.3 Å². The lowest BCUT2D eigenvalue weighted by Gasteiger charge is -2.22. The van der Waals surface area contributed by atoms with Gasteiger partial charge < -0.3 is 20.3 Å². The molecule has 0 radical (unpaired) electrons. The van der Waals surface area contributed by atoms with Gasteiger partial charge in [-0.1, -0.05) is 29.8 Å². The van der Waals surface area contributed by atoms with Crippen molar-refractivity contribution in [3.8, 4) is 11.4 Å². The number of halogens is 1. The number of ether oxygens (including phenoxy) is 1. The lowest BCUT2D eigenvalue weighted by atomic mass is 10.2. The summed E-state index contributed by atoms with van der Waals surface area (Å²) < 4.78 is 7.38. The number of nitrogens with one attached hydrogen (secondary N) is 2. The van der Waals surface area contributed by atoms with Gasteiger partial charge in [-0.3, -0.25) is 4.99 Å². The van der Waals surface area contributed by atoms with Gasteiger partial charge in [-0.2, -0.15) is 5.10 Å². The molecule has 162 valence electrons. The number of hydrogen-bond acceptors (Lipinski definition) is 4. The van der Waals surface area contributed by atoms with Crippen LogP contribution in [0.5, 0.6) is 5.75 Å². The van der Waals surface area contributed by atoms with Crippen LogP contribution in [0.25, 0.3) is 5.69 Å². The summed E-state index contributed by atoms with van der Waals surface area (Å²) in [7, 11) is 3.47. The van der Waals surface area contributed by atoms with Crippen molar-refractivity contribution in [2.24, 2.45) is 4.99 Å². The molecule has 1 aliphatic rings. The van der Waals surface area contributed by atoms with Crippen molar-refractivity contribution in [2.45, 2.75) is 19.0 Å². The first-order valence-electron chi connectivity index (χ1n) is 10.3. The van der Waals surface area contributed by atoms with E-state index >= 15 is 0 Å². The maximum absolute atomic E-state index is 6.20. The minimum absolute atomic E-state index is 0.280. The zero-order valence-electron chi connectivity index (χ0n) is 17.8. The van der Waals surface area contributed by atoms with Crippen LogP contribution in [0.4, 0.5) is 5.69 Å². The van der Waals surface area contributed by atoms with Crippen LogP contribution in [0.3, 0.4) is 0 Å². The molecule has 1 saturated heterocycles. The first-order chi connectivity index (χ1) is 15.2. The number of nitrogens with zero attached hydrogens (tertiary/aromatic N) is 4. The average Bonchev–Trinajstić information content (AvgIpc) is 3.47. The quantitative estimate of drug-likeness (QED) is 0.455. The third kappa shape index (κ3) is 5.11. The fourth-order valence-electron chi connectivity index (χ4n) is 3.75. The molecule has 0 saturated carbocycles. The highest BCUT2D eigenvalue weighted by molar-refractivity contribution is 6.30. The zero-order valence-corrected chi connectivity index (χ0v) is 18.5. The molecule has 0 amide bonds. The molecule has 2 heterocycles. The Labute approximate surface area is 187 Å². The Morgan fingerprint density at radius 2 is 2.10 bits per heavy atom. The van der Waals surface area contributed by atoms with E-state index in [9.17, 15) is 0 Å². The Morgan fingerprint density at radius 1 is 1.26 bits per heavy atom. The minimum Gasteiger partial charge on any atom is -0.495 e. The lowest BCUT2D eigenvalue weighted by molar-refractivity contribution is 0.415. The molecule has 2 N–H and O–H groups in total. The monoisotopic (exact) mass is 438 g/mol. The normalized spacial score (nSPS) is 16.4. The van der Waals surface area contributed by atoms with Crippen LogP contribution in [0.15, 0.2) is 65.9 Å². The van der Waals surface area contributed by atoms with E-state index in [0.717, 1.165) is 48.2 Å². The fourth-order valence-corrected chi connectivity index (χ4v) is 3.92. The van der Waals surface area contributed by atoms with Gasteiger partial charge >= 0.3 is 0 Å². The summed E-state index contributed by atoms with van der Waals surface area (Å²) in [6, 6.07) is 16.1. The van der Waals surface area contributed by atoms with E-state index in [4.69, 9.17) is 16.3 Å². The van der Waals surface area contributed by atoms with Crippen LogP contribution >= 0.6 is 11.6 Å². The molecule has 1 atom stereocenters. The van der Waals surface area contributed by atoms with E-state index in [1.54, 1.807) is 14.2 Å². The van der Waals surface area contributed by atoms with Gasteiger partial charge in [-0.15, -0.1) is 0 Å². The van der Waals surface area contributed by atoms with Crippen molar-refractivity contribution in [1.82, 2.24) is 20.4 Å². The Morgan fingerprint density at radius 3 is 2.87 bits per heavy atom. The molecule has 7 nitrogen and oxygen atoms in total. The molecule has 8 heteroatoms. The molecular weight excluding hydrogens is 412 g/mol. The number of hydrogen-bond donors (Lipinski definition) is 2. The second-order valence-corrected chi connectivity index (χ2v) is 7.88. The van der Waals surface area contributed by atoms with Gasteiger partial charge in [0.05, 0.1) is 24.7 Å². The Hall–Kier alpha value is -3.19. The fraction of sp³-hybridized carbons (Fsp3) is 0.304. The highest BCUT2D eigenvalue weighted by Gasteiger charge is 2.25. The highest BCUT2D eigenvalue weighted by atomic mass is 35.5. The second-order valence-electron chi connectivity index (χ2n) is 7.45. The second kappa shape index (κ2) is 9.75. The topological polar surface area (TPSA) is 66.7 Å². The molecule has 0 spiro atoms. The van der Waals surface area contributed by atoms with Crippen molar-refractivity contribution < 1.29 is 4.74 Å². The maximum atomic E-state index is 6.20. The summed E-state index contributed by atoms with van der Waals surface area (Å²) in [5.41, 5.74) is 3.15. The molecule has 1 aromatic heterocycles. The Balaban J connectivity index is 1.32. The molecule has 0 aliphatic carbocycles. The minimum atomic E-state index is 0.280. The van der Waals surface area contributed by atoms with Gasteiger partial charge in [0.15, 0.2) is 5.96 Å². The van der Waals surface area contributed by atoms with E-state index in [0.29, 0.717) is 11.6 Å². The number of methoxy groups -OCH3 is 1. The molecule has 31 heavy (non-hydrogen) atoms. The molecule has 0 bridgehead atoms. The number of rotatable bonds is 6. The summed E-state index contributed by atoms with van der Waals surface area (Å²) >= 11 is 6.20. The number of anilines is 1. The van der Waals surface area contributed by atoms with Gasteiger partial charge in [0, 0.05) is 49.5 Å². The van der Waals surface area contributed by atoms with Gasteiger partial charge in [0.25, 0.3) is 0 Å². The number of aromatic nitrogens is 2. The number of para-hydroxylation sites is 1. The van der Waals surface area contributed by atoms with Crippen LogP contribution in [-0.2, 0) is 6.54 Å². The third-order valence-electron chi connectivity index (χ3n) is 5.35. The number of benzene rings is 2. The van der Waals surface area contributed by atoms with Crippen LogP contribution in [0, 0.1) is 0 Å². The van der Waals surface area contributed by atoms with Crippen molar-refractivity contribution in [3.63, 3.8) is 0 Å². The van der Waals surface area contributed by atoms with E-state index in [2.05, 4.69) is 25.6 Å². The predicted molar refractivity (Wildman–Crippen MR) is 126 cm³/mol. The van der Waals surface area contributed by atoms with Gasteiger partial charge in [-0.25, -0.2) is 4.68 Å². The van der Waals surface area contributed by atoms with Crippen LogP contribution in [0.1, 0.15) is 12.0 Å². The van der Waals surface area contributed by atoms with E-state index < -0.39 is 0 Å². The van der Waals surface area contributed by atoms with Gasteiger partial charge in [0.2, 0.25) is 0 Å². The van der Waals surface area contributed by atoms with Crippen molar-refractivity contribution in [1.29, 1.82) is 0 Å². The first kappa shape index (κ1) is 21.1. The maximum Gasteiger partial charge on any atom is 0.191 e. The third-order valence-corrected chi connectivity index (χ3v) is 5.59. The van der Waals surface area contributed by atoms with Gasteiger partial charge in [0.1, 0.15) is 5.75 Å². The lowest BCUT2D eigenvalue weighted by Crippen LogP contribution is -2.44. The molecule has 1 unspecified atom stereocenters. The molecule has 2 aromatic carbocycles. The van der Waals surface area contributed by atoms with E-state index in [-0.39, 0.29) is 6.04 Å². The number of guanidine groups is 1. The summed E-state index contributed by atoms with van der Waals surface area (Å²) in [5, 5.41) is 12.1. The summed E-state index contributed by atoms with van der Waals surface area (Å²) in [4.78, 5) is 6.67. The predicted octanol–water partition coefficient (Wildman–Crippen LogP) is 3.48. The SMILES string of the molecule is CN=C(NCc1cnn(-c2ccccc2)c1)NC1CCN(c2cc(Cl)ccc2OC)C1. The van der Waals surface area contributed by atoms with Gasteiger partial charge in [-0.05, 0) is 36.8 Å². The van der Waals surface area contributed by atoms with Crippen LogP contribution in [-0.4, -0.2) is 49.0 Å². The molecular formula is C23H27ClN6O. The smallest absolute Gasteiger partial charge is 0.191 e.